The maximum Gasteiger partial charge on any atom is 0.338 e. The first-order valence-electron chi connectivity index (χ1n) is 8.84. The summed E-state index contributed by atoms with van der Waals surface area (Å²) >= 11 is 0. The lowest BCUT2D eigenvalue weighted by Gasteiger charge is -2.12. The Bertz CT molecular complexity index is 1080. The van der Waals surface area contributed by atoms with E-state index in [-0.39, 0.29) is 22.5 Å². The predicted molar refractivity (Wildman–Crippen MR) is 113 cm³/mol. The highest BCUT2D eigenvalue weighted by Gasteiger charge is 2.23. The van der Waals surface area contributed by atoms with Crippen LogP contribution in [0.2, 0.25) is 0 Å². The maximum atomic E-state index is 11.4. The van der Waals surface area contributed by atoms with E-state index < -0.39 is 33.2 Å². The molecule has 0 amide bonds. The summed E-state index contributed by atoms with van der Waals surface area (Å²) in [5.41, 5.74) is -1.28. The number of rotatable bonds is 8. The smallest absolute Gasteiger partial charge is 0.338 e. The van der Waals surface area contributed by atoms with E-state index in [9.17, 15) is 40.0 Å². The predicted octanol–water partition coefficient (Wildman–Crippen LogP) is 4.39. The maximum absolute atomic E-state index is 11.4. The van der Waals surface area contributed by atoms with Gasteiger partial charge in [-0.3, -0.25) is 20.2 Å². The van der Waals surface area contributed by atoms with Crippen molar-refractivity contribution < 1.29 is 29.6 Å². The summed E-state index contributed by atoms with van der Waals surface area (Å²) in [5.74, 6) is -2.71. The second-order valence-electron chi connectivity index (χ2n) is 6.35. The fourth-order valence-corrected chi connectivity index (χ4v) is 2.93. The number of nitro groups is 2. The number of nitrogens with one attached hydrogen (secondary N) is 2. The Morgan fingerprint density at radius 1 is 0.656 bits per heavy atom. The van der Waals surface area contributed by atoms with Gasteiger partial charge in [0.2, 0.25) is 0 Å². The van der Waals surface area contributed by atoms with Gasteiger partial charge in [-0.15, -0.1) is 0 Å². The molecule has 0 atom stereocenters. The first-order valence-corrected chi connectivity index (χ1v) is 8.84. The molecule has 12 heteroatoms. The number of hydrogen-bond donors (Lipinski definition) is 4. The minimum atomic E-state index is -1.35. The molecular weight excluding hydrogens is 424 g/mol. The second kappa shape index (κ2) is 8.79. The molecule has 0 fully saturated rings. The summed E-state index contributed by atoms with van der Waals surface area (Å²) < 4.78 is 0. The zero-order valence-electron chi connectivity index (χ0n) is 16.0. The monoisotopic (exact) mass is 438 g/mol. The summed E-state index contributed by atoms with van der Waals surface area (Å²) in [5, 5.41) is 46.6. The van der Waals surface area contributed by atoms with Crippen LogP contribution in [0, 0.1) is 20.2 Å². The molecule has 162 valence electrons. The van der Waals surface area contributed by atoms with Crippen LogP contribution in [-0.2, 0) is 0 Å². The molecule has 0 aromatic heterocycles. The molecule has 0 bridgehead atoms. The Balaban J connectivity index is 1.93. The molecule has 0 saturated heterocycles. The molecule has 12 nitrogen and oxygen atoms in total. The molecule has 0 aliphatic heterocycles. The van der Waals surface area contributed by atoms with Crippen molar-refractivity contribution in [3.05, 3.63) is 92.0 Å². The van der Waals surface area contributed by atoms with Crippen LogP contribution >= 0.6 is 0 Å². The Hall–Kier alpha value is -5.00. The van der Waals surface area contributed by atoms with Crippen molar-refractivity contribution in [2.24, 2.45) is 0 Å². The summed E-state index contributed by atoms with van der Waals surface area (Å²) in [6.07, 6.45) is 0. The topological polar surface area (TPSA) is 185 Å². The van der Waals surface area contributed by atoms with E-state index in [1.807, 2.05) is 0 Å². The van der Waals surface area contributed by atoms with Crippen LogP contribution in [0.15, 0.2) is 60.7 Å². The number of nitro benzene ring substituents is 2. The number of hydrogen-bond acceptors (Lipinski definition) is 8. The third-order valence-corrected chi connectivity index (χ3v) is 4.36. The van der Waals surface area contributed by atoms with Crippen molar-refractivity contribution in [2.75, 3.05) is 10.6 Å². The van der Waals surface area contributed by atoms with Gasteiger partial charge in [0.15, 0.2) is 0 Å². The molecule has 0 heterocycles. The first kappa shape index (κ1) is 21.7. The SMILES string of the molecule is O=C(O)c1cccc([N+](=O)[O-])c1Nc1ccc(Nc2c(C(=O)O)cccc2[N+](=O)[O-])cc1. The number of para-hydroxylation sites is 2. The standard InChI is InChI=1S/C20H14N4O8/c25-19(26)13-3-1-5-15(23(29)30)17(13)21-11-7-9-12(10-8-11)22-18-14(20(27)28)4-2-6-16(18)24(31)32/h1-10,21-22H,(H,25,26)(H,27,28). The van der Waals surface area contributed by atoms with E-state index in [0.717, 1.165) is 12.1 Å². The van der Waals surface area contributed by atoms with Crippen molar-refractivity contribution >= 4 is 46.1 Å². The van der Waals surface area contributed by atoms with Gasteiger partial charge in [-0.25, -0.2) is 9.59 Å². The van der Waals surface area contributed by atoms with Crippen LogP contribution < -0.4 is 10.6 Å². The van der Waals surface area contributed by atoms with Crippen molar-refractivity contribution in [3.8, 4) is 0 Å². The molecule has 0 spiro atoms. The Morgan fingerprint density at radius 2 is 1.00 bits per heavy atom. The second-order valence-corrected chi connectivity index (χ2v) is 6.35. The van der Waals surface area contributed by atoms with Gasteiger partial charge < -0.3 is 20.8 Å². The number of carboxylic acids is 2. The van der Waals surface area contributed by atoms with Gasteiger partial charge in [-0.1, -0.05) is 12.1 Å². The third kappa shape index (κ3) is 4.43. The highest BCUT2D eigenvalue weighted by molar-refractivity contribution is 5.99. The molecule has 3 aromatic rings. The van der Waals surface area contributed by atoms with Crippen LogP contribution in [0.4, 0.5) is 34.1 Å². The van der Waals surface area contributed by atoms with Crippen LogP contribution in [0.1, 0.15) is 20.7 Å². The van der Waals surface area contributed by atoms with Gasteiger partial charge in [0.1, 0.15) is 11.4 Å². The summed E-state index contributed by atoms with van der Waals surface area (Å²) in [4.78, 5) is 44.0. The van der Waals surface area contributed by atoms with Crippen LogP contribution in [-0.4, -0.2) is 32.0 Å². The quantitative estimate of drug-likeness (QED) is 0.290. The van der Waals surface area contributed by atoms with Crippen molar-refractivity contribution in [3.63, 3.8) is 0 Å². The average molecular weight is 438 g/mol. The van der Waals surface area contributed by atoms with Gasteiger partial charge in [0, 0.05) is 23.5 Å². The number of benzene rings is 3. The van der Waals surface area contributed by atoms with E-state index in [2.05, 4.69) is 10.6 Å². The minimum absolute atomic E-state index is 0.211. The van der Waals surface area contributed by atoms with E-state index in [1.54, 1.807) is 0 Å². The number of carboxylic acid groups (broad SMARTS) is 2. The molecule has 0 unspecified atom stereocenters. The van der Waals surface area contributed by atoms with Crippen LogP contribution in [0.25, 0.3) is 0 Å². The Labute approximate surface area is 179 Å². The third-order valence-electron chi connectivity index (χ3n) is 4.36. The average Bonchev–Trinajstić information content (AvgIpc) is 2.74. The molecule has 3 rings (SSSR count). The molecule has 0 aliphatic carbocycles. The fourth-order valence-electron chi connectivity index (χ4n) is 2.93. The number of nitrogens with zero attached hydrogens (tertiary/aromatic N) is 2. The van der Waals surface area contributed by atoms with Crippen molar-refractivity contribution in [1.82, 2.24) is 0 Å². The number of anilines is 4. The molecule has 0 radical (unpaired) electrons. The van der Waals surface area contributed by atoms with E-state index in [0.29, 0.717) is 11.4 Å². The highest BCUT2D eigenvalue weighted by atomic mass is 16.6. The summed E-state index contributed by atoms with van der Waals surface area (Å²) in [6.45, 7) is 0. The van der Waals surface area contributed by atoms with E-state index in [4.69, 9.17) is 0 Å². The molecule has 4 N–H and O–H groups in total. The Kier molecular flexibility index (Phi) is 5.96. The molecule has 0 aliphatic rings. The van der Waals surface area contributed by atoms with Crippen LogP contribution in [0.5, 0.6) is 0 Å². The lowest BCUT2D eigenvalue weighted by Crippen LogP contribution is -2.06. The zero-order chi connectivity index (χ0) is 23.4. The minimum Gasteiger partial charge on any atom is -0.478 e. The Morgan fingerprint density at radius 3 is 1.28 bits per heavy atom. The van der Waals surface area contributed by atoms with E-state index >= 15 is 0 Å². The van der Waals surface area contributed by atoms with Gasteiger partial charge >= 0.3 is 11.9 Å². The zero-order valence-corrected chi connectivity index (χ0v) is 16.0. The van der Waals surface area contributed by atoms with E-state index in [1.165, 1.54) is 48.5 Å². The number of carbonyl (C=O) groups is 2. The van der Waals surface area contributed by atoms with Crippen LogP contribution in [0.3, 0.4) is 0 Å². The van der Waals surface area contributed by atoms with Gasteiger partial charge in [0.25, 0.3) is 11.4 Å². The highest BCUT2D eigenvalue weighted by Crippen LogP contribution is 2.34. The van der Waals surface area contributed by atoms with Crippen molar-refractivity contribution in [1.29, 1.82) is 0 Å². The summed E-state index contributed by atoms with van der Waals surface area (Å²) in [6, 6.07) is 13.0. The fraction of sp³-hybridized carbons (Fsp3) is 0. The molecule has 3 aromatic carbocycles. The molecule has 0 saturated carbocycles. The molecular formula is C20H14N4O8. The van der Waals surface area contributed by atoms with Crippen molar-refractivity contribution in [2.45, 2.75) is 0 Å². The lowest BCUT2D eigenvalue weighted by atomic mass is 10.1. The first-order chi connectivity index (χ1) is 15.2. The van der Waals surface area contributed by atoms with Gasteiger partial charge in [0.05, 0.1) is 21.0 Å². The normalized spacial score (nSPS) is 10.2. The van der Waals surface area contributed by atoms with Gasteiger partial charge in [-0.05, 0) is 36.4 Å². The number of aromatic carboxylic acids is 2. The lowest BCUT2D eigenvalue weighted by molar-refractivity contribution is -0.384. The molecule has 32 heavy (non-hydrogen) atoms. The summed E-state index contributed by atoms with van der Waals surface area (Å²) in [7, 11) is 0. The van der Waals surface area contributed by atoms with Gasteiger partial charge in [-0.2, -0.15) is 0 Å². The largest absolute Gasteiger partial charge is 0.478 e.